The maximum absolute atomic E-state index is 12.3. The molecule has 0 spiro atoms. The van der Waals surface area contributed by atoms with Crippen molar-refractivity contribution in [2.45, 2.75) is 27.7 Å². The Morgan fingerprint density at radius 1 is 1.20 bits per heavy atom. The molecule has 0 fully saturated rings. The molecule has 0 aliphatic heterocycles. The zero-order valence-electron chi connectivity index (χ0n) is 18.0. The summed E-state index contributed by atoms with van der Waals surface area (Å²) in [6, 6.07) is 11.9. The summed E-state index contributed by atoms with van der Waals surface area (Å²) in [6.45, 7) is 12.4. The Balaban J connectivity index is 1.78. The zero-order valence-corrected chi connectivity index (χ0v) is 18.0. The first-order chi connectivity index (χ1) is 14.2. The molecule has 4 N–H and O–H groups in total. The number of rotatable bonds is 9. The average molecular weight is 410 g/mol. The van der Waals surface area contributed by atoms with Crippen LogP contribution in [0.15, 0.2) is 35.1 Å². The topological polar surface area (TPSA) is 104 Å². The first-order valence-electron chi connectivity index (χ1n) is 10.2. The van der Waals surface area contributed by atoms with Crippen molar-refractivity contribution in [3.63, 3.8) is 0 Å². The lowest BCUT2D eigenvalue weighted by Crippen LogP contribution is -2.37. The quantitative estimate of drug-likeness (QED) is 0.505. The molecule has 0 saturated carbocycles. The van der Waals surface area contributed by atoms with Crippen molar-refractivity contribution in [3.05, 3.63) is 52.4 Å². The van der Waals surface area contributed by atoms with Crippen LogP contribution >= 0.6 is 0 Å². The van der Waals surface area contributed by atoms with Gasteiger partial charge in [0.25, 0.3) is 11.5 Å². The Bertz CT molecular complexity index is 1090. The van der Waals surface area contributed by atoms with Crippen LogP contribution in [0.2, 0.25) is 0 Å². The van der Waals surface area contributed by atoms with Gasteiger partial charge in [-0.15, -0.1) is 0 Å². The Morgan fingerprint density at radius 3 is 2.57 bits per heavy atom. The summed E-state index contributed by atoms with van der Waals surface area (Å²) >= 11 is 0. The summed E-state index contributed by atoms with van der Waals surface area (Å²) in [5.74, 6) is 0.0613. The molecule has 2 heterocycles. The van der Waals surface area contributed by atoms with Crippen LogP contribution in [0.4, 0.5) is 0 Å². The van der Waals surface area contributed by atoms with Gasteiger partial charge in [0.05, 0.1) is 17.9 Å². The number of amides is 1. The number of aromatic amines is 2. The normalized spacial score (nSPS) is 11.9. The van der Waals surface area contributed by atoms with Crippen molar-refractivity contribution in [3.8, 4) is 17.0 Å². The molecule has 1 aromatic carbocycles. The van der Waals surface area contributed by atoms with Crippen LogP contribution in [0, 0.1) is 11.5 Å². The van der Waals surface area contributed by atoms with Gasteiger partial charge >= 0.3 is 0 Å². The maximum Gasteiger partial charge on any atom is 0.265 e. The van der Waals surface area contributed by atoms with Gasteiger partial charge in [0.1, 0.15) is 11.4 Å². The first-order valence-corrected chi connectivity index (χ1v) is 10.2. The molecule has 7 nitrogen and oxygen atoms in total. The standard InChI is InChI=1S/C23H29N4O3/c1-5-27(6-2)13-23(3,4)14-30-16-7-9-18-15(11-16)12-20(25-18)17-8-10-19(21(24)28)26-22(17)29/h7-9,11-12,25H,5-6,13-14H2,1-4H3,(H2,24,28)(H,26,29). The van der Waals surface area contributed by atoms with E-state index in [1.165, 1.54) is 6.07 Å². The van der Waals surface area contributed by atoms with Crippen molar-refractivity contribution in [1.29, 1.82) is 0 Å². The largest absolute Gasteiger partial charge is 0.493 e. The highest BCUT2D eigenvalue weighted by atomic mass is 16.5. The third-order valence-corrected chi connectivity index (χ3v) is 5.15. The molecule has 0 aliphatic rings. The van der Waals surface area contributed by atoms with Gasteiger partial charge in [0.15, 0.2) is 0 Å². The number of carbonyl (C=O) groups excluding carboxylic acids is 1. The zero-order chi connectivity index (χ0) is 21.9. The monoisotopic (exact) mass is 409 g/mol. The SMILES string of the molecule is CCN(CC)CC(C)(C)COc1ccc2[nH]c(-c3c[c]c(C(N)=O)[nH]c3=O)cc2c1. The Kier molecular flexibility index (Phi) is 6.31. The van der Waals surface area contributed by atoms with E-state index in [-0.39, 0.29) is 11.1 Å². The number of nitrogens with zero attached hydrogens (tertiary/aromatic N) is 1. The minimum Gasteiger partial charge on any atom is -0.493 e. The second-order valence-electron chi connectivity index (χ2n) is 8.24. The summed E-state index contributed by atoms with van der Waals surface area (Å²) in [6.07, 6.45) is 0. The molecule has 0 aliphatic carbocycles. The number of primary amides is 1. The maximum atomic E-state index is 12.3. The van der Waals surface area contributed by atoms with E-state index in [1.54, 1.807) is 0 Å². The number of ether oxygens (including phenoxy) is 1. The van der Waals surface area contributed by atoms with E-state index >= 15 is 0 Å². The second kappa shape index (κ2) is 8.75. The van der Waals surface area contributed by atoms with Crippen molar-refractivity contribution in [2.75, 3.05) is 26.2 Å². The molecular formula is C23H29N4O3. The highest BCUT2D eigenvalue weighted by Gasteiger charge is 2.22. The van der Waals surface area contributed by atoms with E-state index in [9.17, 15) is 9.59 Å². The van der Waals surface area contributed by atoms with Crippen molar-refractivity contribution in [1.82, 2.24) is 14.9 Å². The highest BCUT2D eigenvalue weighted by Crippen LogP contribution is 2.27. The third kappa shape index (κ3) is 4.91. The fourth-order valence-electron chi connectivity index (χ4n) is 3.48. The number of pyridine rings is 1. The van der Waals surface area contributed by atoms with E-state index < -0.39 is 11.5 Å². The molecule has 3 rings (SSSR count). The van der Waals surface area contributed by atoms with Crippen molar-refractivity contribution >= 4 is 16.8 Å². The Hall–Kier alpha value is -3.06. The lowest BCUT2D eigenvalue weighted by molar-refractivity contribution is 0.0995. The van der Waals surface area contributed by atoms with Gasteiger partial charge in [-0.2, -0.15) is 0 Å². The summed E-state index contributed by atoms with van der Waals surface area (Å²) in [7, 11) is 0. The molecule has 0 atom stereocenters. The second-order valence-corrected chi connectivity index (χ2v) is 8.24. The number of fused-ring (bicyclic) bond motifs is 1. The lowest BCUT2D eigenvalue weighted by Gasteiger charge is -2.31. The average Bonchev–Trinajstić information content (AvgIpc) is 3.13. The van der Waals surface area contributed by atoms with Gasteiger partial charge in [-0.1, -0.05) is 27.7 Å². The van der Waals surface area contributed by atoms with Gasteiger partial charge in [0.2, 0.25) is 0 Å². The fourth-order valence-corrected chi connectivity index (χ4v) is 3.48. The van der Waals surface area contributed by atoms with Crippen LogP contribution in [0.5, 0.6) is 5.75 Å². The Labute approximate surface area is 176 Å². The summed E-state index contributed by atoms with van der Waals surface area (Å²) < 4.78 is 6.08. The molecule has 0 unspecified atom stereocenters. The van der Waals surface area contributed by atoms with Crippen LogP contribution in [0.3, 0.4) is 0 Å². The Morgan fingerprint density at radius 2 is 1.93 bits per heavy atom. The van der Waals surface area contributed by atoms with Crippen LogP contribution in [-0.4, -0.2) is 47.0 Å². The number of hydrogen-bond donors (Lipinski definition) is 3. The molecule has 0 bridgehead atoms. The highest BCUT2D eigenvalue weighted by molar-refractivity contribution is 5.91. The molecule has 1 radical (unpaired) electrons. The van der Waals surface area contributed by atoms with Crippen LogP contribution < -0.4 is 16.0 Å². The number of carbonyl (C=O) groups is 1. The lowest BCUT2D eigenvalue weighted by atomic mass is 9.94. The number of nitrogens with one attached hydrogen (secondary N) is 2. The summed E-state index contributed by atoms with van der Waals surface area (Å²) in [5, 5.41) is 0.933. The minimum absolute atomic E-state index is 0.0234. The number of hydrogen-bond acceptors (Lipinski definition) is 4. The van der Waals surface area contributed by atoms with Crippen molar-refractivity contribution in [2.24, 2.45) is 11.1 Å². The third-order valence-electron chi connectivity index (χ3n) is 5.15. The van der Waals surface area contributed by atoms with Gasteiger partial charge in [-0.05, 0) is 43.4 Å². The molecule has 3 aromatic rings. The van der Waals surface area contributed by atoms with Crippen molar-refractivity contribution < 1.29 is 9.53 Å². The van der Waals surface area contributed by atoms with Gasteiger partial charge in [0, 0.05) is 28.9 Å². The predicted molar refractivity (Wildman–Crippen MR) is 119 cm³/mol. The molecular weight excluding hydrogens is 380 g/mol. The van der Waals surface area contributed by atoms with E-state index in [2.05, 4.69) is 48.6 Å². The van der Waals surface area contributed by atoms with Gasteiger partial charge < -0.3 is 25.3 Å². The summed E-state index contributed by atoms with van der Waals surface area (Å²) in [5.41, 5.74) is 6.68. The van der Waals surface area contributed by atoms with E-state index in [4.69, 9.17) is 10.5 Å². The molecule has 30 heavy (non-hydrogen) atoms. The number of nitrogens with two attached hydrogens (primary N) is 1. The molecule has 1 amide bonds. The van der Waals surface area contributed by atoms with Gasteiger partial charge in [-0.25, -0.2) is 0 Å². The fraction of sp³-hybridized carbons (Fsp3) is 0.391. The smallest absolute Gasteiger partial charge is 0.265 e. The van der Waals surface area contributed by atoms with Crippen LogP contribution in [0.1, 0.15) is 38.2 Å². The molecule has 0 saturated heterocycles. The first kappa shape index (κ1) is 21.6. The van der Waals surface area contributed by atoms with Gasteiger partial charge in [-0.3, -0.25) is 9.59 Å². The van der Waals surface area contributed by atoms with Crippen LogP contribution in [0.25, 0.3) is 22.2 Å². The minimum atomic E-state index is -0.721. The number of aromatic nitrogens is 2. The molecule has 2 aromatic heterocycles. The molecule has 159 valence electrons. The van der Waals surface area contributed by atoms with Crippen LogP contribution in [-0.2, 0) is 0 Å². The predicted octanol–water partition coefficient (Wildman–Crippen LogP) is 3.17. The molecule has 7 heteroatoms. The number of benzene rings is 1. The number of H-pyrrole nitrogens is 2. The van der Waals surface area contributed by atoms with E-state index in [0.29, 0.717) is 17.9 Å². The van der Waals surface area contributed by atoms with E-state index in [0.717, 1.165) is 36.3 Å². The van der Waals surface area contributed by atoms with E-state index in [1.807, 2.05) is 24.3 Å². The summed E-state index contributed by atoms with van der Waals surface area (Å²) in [4.78, 5) is 31.6.